The molecule has 0 aliphatic heterocycles. The number of anilines is 1. The lowest BCUT2D eigenvalue weighted by Gasteiger charge is -2.15. The Labute approximate surface area is 108 Å². The summed E-state index contributed by atoms with van der Waals surface area (Å²) < 4.78 is 25.6. The lowest BCUT2D eigenvalue weighted by Crippen LogP contribution is -2.27. The van der Waals surface area contributed by atoms with Gasteiger partial charge in [-0.25, -0.2) is 4.79 Å². The standard InChI is InChI=1S/C10H11ClF2N2OS/c1-15(2)9(16)14-7-4-3-6(5-8(7)17)10(11,12)13/h3-5,17H,1-2H3,(H,14,16). The SMILES string of the molecule is CN(C)C(=O)Nc1ccc(C(F)(F)Cl)cc1S. The Morgan fingerprint density at radius 1 is 1.47 bits per heavy atom. The van der Waals surface area contributed by atoms with E-state index in [1.807, 2.05) is 0 Å². The highest BCUT2D eigenvalue weighted by Gasteiger charge is 2.28. The first kappa shape index (κ1) is 14.1. The number of hydrogen-bond acceptors (Lipinski definition) is 2. The van der Waals surface area contributed by atoms with Crippen molar-refractivity contribution in [3.8, 4) is 0 Å². The average Bonchev–Trinajstić information content (AvgIpc) is 2.19. The molecular weight excluding hydrogens is 270 g/mol. The van der Waals surface area contributed by atoms with E-state index in [9.17, 15) is 13.6 Å². The molecule has 0 unspecified atom stereocenters. The molecule has 0 aliphatic rings. The normalized spacial score (nSPS) is 11.2. The van der Waals surface area contributed by atoms with Gasteiger partial charge in [-0.15, -0.1) is 12.6 Å². The number of alkyl halides is 3. The van der Waals surface area contributed by atoms with Gasteiger partial charge in [0.2, 0.25) is 0 Å². The number of rotatable bonds is 2. The lowest BCUT2D eigenvalue weighted by molar-refractivity contribution is 0.0949. The number of nitrogens with one attached hydrogen (secondary N) is 1. The Kier molecular flexibility index (Phi) is 4.21. The van der Waals surface area contributed by atoms with Crippen molar-refractivity contribution >= 4 is 35.9 Å². The average molecular weight is 281 g/mol. The molecule has 0 aliphatic carbocycles. The summed E-state index contributed by atoms with van der Waals surface area (Å²) in [4.78, 5) is 12.9. The van der Waals surface area contributed by atoms with Gasteiger partial charge in [0.25, 0.3) is 0 Å². The molecule has 2 amide bonds. The fourth-order valence-corrected chi connectivity index (χ4v) is 1.43. The maximum absolute atomic E-state index is 12.8. The number of nitrogens with zero attached hydrogens (tertiary/aromatic N) is 1. The molecule has 0 saturated heterocycles. The van der Waals surface area contributed by atoms with Crippen molar-refractivity contribution in [2.45, 2.75) is 10.3 Å². The Bertz CT molecular complexity index is 435. The Morgan fingerprint density at radius 2 is 2.06 bits per heavy atom. The monoisotopic (exact) mass is 280 g/mol. The van der Waals surface area contributed by atoms with E-state index in [-0.39, 0.29) is 16.5 Å². The summed E-state index contributed by atoms with van der Waals surface area (Å²) >= 11 is 8.89. The quantitative estimate of drug-likeness (QED) is 0.632. The topological polar surface area (TPSA) is 32.3 Å². The predicted molar refractivity (Wildman–Crippen MR) is 66.1 cm³/mol. The predicted octanol–water partition coefficient (Wildman–Crippen LogP) is 3.36. The van der Waals surface area contributed by atoms with Gasteiger partial charge in [0.1, 0.15) is 0 Å². The van der Waals surface area contributed by atoms with Crippen molar-refractivity contribution < 1.29 is 13.6 Å². The summed E-state index contributed by atoms with van der Waals surface area (Å²) in [7, 11) is 3.13. The van der Waals surface area contributed by atoms with Crippen LogP contribution in [0, 0.1) is 0 Å². The van der Waals surface area contributed by atoms with E-state index in [1.54, 1.807) is 14.1 Å². The van der Waals surface area contributed by atoms with Gasteiger partial charge >= 0.3 is 11.4 Å². The van der Waals surface area contributed by atoms with Crippen LogP contribution in [-0.2, 0) is 5.38 Å². The third-order valence-corrected chi connectivity index (χ3v) is 2.56. The second kappa shape index (κ2) is 5.10. The number of halogens is 3. The zero-order chi connectivity index (χ0) is 13.2. The zero-order valence-electron chi connectivity index (χ0n) is 9.17. The van der Waals surface area contributed by atoms with Crippen molar-refractivity contribution in [2.24, 2.45) is 0 Å². The molecule has 94 valence electrons. The highest BCUT2D eigenvalue weighted by atomic mass is 35.5. The van der Waals surface area contributed by atoms with Crippen LogP contribution in [0.1, 0.15) is 5.56 Å². The van der Waals surface area contributed by atoms with Crippen LogP contribution >= 0.6 is 24.2 Å². The maximum atomic E-state index is 12.8. The highest BCUT2D eigenvalue weighted by Crippen LogP contribution is 2.35. The molecule has 0 radical (unpaired) electrons. The summed E-state index contributed by atoms with van der Waals surface area (Å²) in [6.45, 7) is 0. The molecule has 3 nitrogen and oxygen atoms in total. The van der Waals surface area contributed by atoms with E-state index in [0.29, 0.717) is 5.69 Å². The van der Waals surface area contributed by atoms with Crippen LogP contribution < -0.4 is 5.32 Å². The summed E-state index contributed by atoms with van der Waals surface area (Å²) in [6, 6.07) is 3.21. The van der Waals surface area contributed by atoms with Gasteiger partial charge in [0.05, 0.1) is 5.69 Å². The molecule has 0 atom stereocenters. The molecule has 0 saturated carbocycles. The summed E-state index contributed by atoms with van der Waals surface area (Å²) in [5.74, 6) is 0. The van der Waals surface area contributed by atoms with E-state index >= 15 is 0 Å². The second-order valence-corrected chi connectivity index (χ2v) is 4.51. The van der Waals surface area contributed by atoms with Crippen molar-refractivity contribution in [1.29, 1.82) is 0 Å². The first-order chi connectivity index (χ1) is 7.71. The van der Waals surface area contributed by atoms with Crippen LogP contribution in [0.15, 0.2) is 23.1 Å². The lowest BCUT2D eigenvalue weighted by atomic mass is 10.2. The third kappa shape index (κ3) is 3.74. The fourth-order valence-electron chi connectivity index (χ4n) is 1.04. The first-order valence-corrected chi connectivity index (χ1v) is 5.43. The highest BCUT2D eigenvalue weighted by molar-refractivity contribution is 7.80. The number of urea groups is 1. The van der Waals surface area contributed by atoms with Gasteiger partial charge in [-0.05, 0) is 29.8 Å². The second-order valence-electron chi connectivity index (χ2n) is 3.55. The number of amides is 2. The van der Waals surface area contributed by atoms with Gasteiger partial charge in [-0.2, -0.15) is 8.78 Å². The number of benzene rings is 1. The molecule has 1 N–H and O–H groups in total. The molecule has 0 aromatic heterocycles. The number of hydrogen-bond donors (Lipinski definition) is 2. The third-order valence-electron chi connectivity index (χ3n) is 1.97. The summed E-state index contributed by atoms with van der Waals surface area (Å²) in [6.07, 6.45) is 0. The Balaban J connectivity index is 2.95. The fraction of sp³-hybridized carbons (Fsp3) is 0.300. The molecule has 17 heavy (non-hydrogen) atoms. The van der Waals surface area contributed by atoms with Crippen LogP contribution in [0.4, 0.5) is 19.3 Å². The van der Waals surface area contributed by atoms with Gasteiger partial charge in [-0.3, -0.25) is 0 Å². The summed E-state index contributed by atoms with van der Waals surface area (Å²) in [5.41, 5.74) is -0.0243. The van der Waals surface area contributed by atoms with Crippen molar-refractivity contribution in [1.82, 2.24) is 4.90 Å². The molecule has 1 aromatic rings. The van der Waals surface area contributed by atoms with Crippen molar-refractivity contribution in [3.63, 3.8) is 0 Å². The maximum Gasteiger partial charge on any atom is 0.348 e. The number of carbonyl (C=O) groups excluding carboxylic acids is 1. The van der Waals surface area contributed by atoms with E-state index in [2.05, 4.69) is 17.9 Å². The van der Waals surface area contributed by atoms with E-state index in [1.165, 1.54) is 11.0 Å². The van der Waals surface area contributed by atoms with Crippen molar-refractivity contribution in [3.05, 3.63) is 23.8 Å². The Morgan fingerprint density at radius 3 is 2.47 bits per heavy atom. The number of carbonyl (C=O) groups is 1. The van der Waals surface area contributed by atoms with E-state index in [4.69, 9.17) is 11.6 Å². The largest absolute Gasteiger partial charge is 0.348 e. The van der Waals surface area contributed by atoms with Gasteiger partial charge < -0.3 is 10.2 Å². The van der Waals surface area contributed by atoms with Crippen molar-refractivity contribution in [2.75, 3.05) is 19.4 Å². The van der Waals surface area contributed by atoms with Crippen LogP contribution in [0.2, 0.25) is 0 Å². The minimum absolute atomic E-state index is 0.220. The molecule has 0 fully saturated rings. The summed E-state index contributed by atoms with van der Waals surface area (Å²) in [5, 5.41) is -0.932. The van der Waals surface area contributed by atoms with Gasteiger partial charge in [-0.1, -0.05) is 0 Å². The van der Waals surface area contributed by atoms with Gasteiger partial charge in [0, 0.05) is 24.6 Å². The molecule has 1 aromatic carbocycles. The smallest absolute Gasteiger partial charge is 0.331 e. The van der Waals surface area contributed by atoms with Crippen LogP contribution in [0.25, 0.3) is 0 Å². The van der Waals surface area contributed by atoms with E-state index < -0.39 is 5.38 Å². The zero-order valence-corrected chi connectivity index (χ0v) is 10.8. The molecule has 0 bridgehead atoms. The van der Waals surface area contributed by atoms with Crippen LogP contribution in [0.5, 0.6) is 0 Å². The van der Waals surface area contributed by atoms with E-state index in [0.717, 1.165) is 12.1 Å². The minimum Gasteiger partial charge on any atom is -0.331 e. The molecule has 1 rings (SSSR count). The molecule has 0 heterocycles. The number of thiol groups is 1. The Hall–Kier alpha value is -1.01. The molecular formula is C10H11ClF2N2OS. The molecule has 7 heteroatoms. The van der Waals surface area contributed by atoms with Crippen LogP contribution in [-0.4, -0.2) is 25.0 Å². The first-order valence-electron chi connectivity index (χ1n) is 4.60. The molecule has 0 spiro atoms. The minimum atomic E-state index is -3.44. The van der Waals surface area contributed by atoms with Gasteiger partial charge in [0.15, 0.2) is 0 Å². The van der Waals surface area contributed by atoms with Crippen LogP contribution in [0.3, 0.4) is 0 Å².